The molecule has 4 fully saturated rings. The number of rotatable bonds is 4. The van der Waals surface area contributed by atoms with Crippen molar-refractivity contribution in [3.8, 4) is 29.0 Å². The second kappa shape index (κ2) is 10.00. The fraction of sp³-hybridized carbons (Fsp3) is 0.469. The van der Waals surface area contributed by atoms with Gasteiger partial charge in [-0.15, -0.1) is 11.3 Å². The number of thiophene rings is 1. The second-order valence-electron chi connectivity index (χ2n) is 12.9. The largest absolute Gasteiger partial charge is 0.489 e. The number of ether oxygens (including phenoxy) is 2. The molecule has 0 radical (unpaired) electrons. The molecule has 45 heavy (non-hydrogen) atoms. The van der Waals surface area contributed by atoms with Gasteiger partial charge in [-0.1, -0.05) is 11.6 Å². The Balaban J connectivity index is 1.28. The summed E-state index contributed by atoms with van der Waals surface area (Å²) in [7, 11) is 0. The normalized spacial score (nSPS) is 24.8. The molecule has 2 bridgehead atoms. The van der Waals surface area contributed by atoms with Gasteiger partial charge in [0.1, 0.15) is 41.4 Å². The smallest absolute Gasteiger partial charge is 0.319 e. The maximum absolute atomic E-state index is 17.1. The van der Waals surface area contributed by atoms with Gasteiger partial charge >= 0.3 is 6.01 Å². The van der Waals surface area contributed by atoms with Gasteiger partial charge in [-0.2, -0.15) is 15.2 Å². The first-order valence-electron chi connectivity index (χ1n) is 15.5. The Morgan fingerprint density at radius 2 is 2.00 bits per heavy atom. The Bertz CT molecular complexity index is 1950. The number of piperazine rings is 1. The third kappa shape index (κ3) is 3.94. The molecule has 0 unspecified atom stereocenters. The Morgan fingerprint density at radius 1 is 1.18 bits per heavy atom. The summed E-state index contributed by atoms with van der Waals surface area (Å²) in [4.78, 5) is 14.3. The predicted octanol–water partition coefficient (Wildman–Crippen LogP) is 5.61. The molecule has 5 aliphatic heterocycles. The van der Waals surface area contributed by atoms with Gasteiger partial charge < -0.3 is 25.4 Å². The number of fused-ring (bicyclic) bond motifs is 7. The van der Waals surface area contributed by atoms with Crippen molar-refractivity contribution in [1.82, 2.24) is 20.2 Å². The first kappa shape index (κ1) is 27.8. The lowest BCUT2D eigenvalue weighted by Gasteiger charge is -2.40. The molecule has 0 spiro atoms. The number of anilines is 2. The molecular formula is C32H30ClF2N7O2S. The molecule has 9 rings (SSSR count). The van der Waals surface area contributed by atoms with Gasteiger partial charge in [-0.25, -0.2) is 8.78 Å². The van der Waals surface area contributed by atoms with Crippen LogP contribution in [0.4, 0.5) is 19.6 Å². The zero-order valence-electron chi connectivity index (χ0n) is 24.3. The van der Waals surface area contributed by atoms with Crippen LogP contribution in [-0.2, 0) is 0 Å². The van der Waals surface area contributed by atoms with Crippen molar-refractivity contribution < 1.29 is 18.3 Å². The van der Waals surface area contributed by atoms with Crippen LogP contribution in [0.1, 0.15) is 44.1 Å². The second-order valence-corrected chi connectivity index (χ2v) is 14.4. The molecule has 4 aromatic rings. The van der Waals surface area contributed by atoms with E-state index in [1.54, 1.807) is 0 Å². The van der Waals surface area contributed by atoms with Gasteiger partial charge in [0.15, 0.2) is 11.6 Å². The van der Waals surface area contributed by atoms with Gasteiger partial charge in [0.25, 0.3) is 0 Å². The van der Waals surface area contributed by atoms with E-state index in [1.807, 2.05) is 0 Å². The molecule has 3 atom stereocenters. The standard InChI is InChI=1S/C32H30ClF2N7O2S/c33-25-23(22-17(34)4-6-20-21(22)16(11-36)29(37)45-20)26(35)27-24-28(25)43-13-19-18-5-3-15(38-18)12-42(19)30(24)40-31(39-27)44-14-32-7-1-9-41(32)10-2-8-32/h4,6,15,18-19,38H,1-3,5,7-10,12-14,37H2/t15-,18+,19-/m0/s1. The zero-order valence-corrected chi connectivity index (χ0v) is 25.9. The van der Waals surface area contributed by atoms with Crippen LogP contribution in [0.5, 0.6) is 11.8 Å². The van der Waals surface area contributed by atoms with E-state index in [2.05, 4.69) is 26.2 Å². The van der Waals surface area contributed by atoms with E-state index < -0.39 is 11.6 Å². The summed E-state index contributed by atoms with van der Waals surface area (Å²) in [6.45, 7) is 3.44. The molecular weight excluding hydrogens is 620 g/mol. The molecule has 232 valence electrons. The number of benzene rings is 2. The van der Waals surface area contributed by atoms with Crippen molar-refractivity contribution in [2.24, 2.45) is 0 Å². The predicted molar refractivity (Wildman–Crippen MR) is 169 cm³/mol. The first-order chi connectivity index (χ1) is 21.9. The summed E-state index contributed by atoms with van der Waals surface area (Å²) < 4.78 is 46.3. The number of nitrogens with one attached hydrogen (secondary N) is 1. The van der Waals surface area contributed by atoms with Gasteiger partial charge in [0, 0.05) is 39.8 Å². The van der Waals surface area contributed by atoms with E-state index in [1.165, 1.54) is 12.1 Å². The van der Waals surface area contributed by atoms with Gasteiger partial charge in [0.2, 0.25) is 0 Å². The Hall–Kier alpha value is -3.50. The van der Waals surface area contributed by atoms with E-state index in [0.717, 1.165) is 63.0 Å². The van der Waals surface area contributed by atoms with Crippen molar-refractivity contribution in [2.75, 3.05) is 43.5 Å². The lowest BCUT2D eigenvalue weighted by molar-refractivity contribution is 0.108. The molecule has 9 nitrogen and oxygen atoms in total. The summed E-state index contributed by atoms with van der Waals surface area (Å²) in [5.41, 5.74) is 5.74. The molecule has 0 saturated carbocycles. The maximum Gasteiger partial charge on any atom is 0.319 e. The number of nitriles is 1. The molecule has 2 aromatic heterocycles. The lowest BCUT2D eigenvalue weighted by Crippen LogP contribution is -2.60. The average molecular weight is 650 g/mol. The van der Waals surface area contributed by atoms with Crippen molar-refractivity contribution in [3.05, 3.63) is 34.4 Å². The van der Waals surface area contributed by atoms with Crippen molar-refractivity contribution in [1.29, 1.82) is 5.26 Å². The Kier molecular flexibility index (Phi) is 6.17. The third-order valence-electron chi connectivity index (χ3n) is 10.6. The minimum Gasteiger partial charge on any atom is -0.489 e. The summed E-state index contributed by atoms with van der Waals surface area (Å²) in [6, 6.07) is 5.28. The average Bonchev–Trinajstić information content (AvgIpc) is 3.77. The summed E-state index contributed by atoms with van der Waals surface area (Å²) >= 11 is 8.18. The summed E-state index contributed by atoms with van der Waals surface area (Å²) in [5.74, 6) is -0.843. The maximum atomic E-state index is 17.1. The summed E-state index contributed by atoms with van der Waals surface area (Å²) in [6.07, 6.45) is 6.32. The van der Waals surface area contributed by atoms with Gasteiger partial charge in [-0.05, 0) is 63.7 Å². The van der Waals surface area contributed by atoms with Crippen molar-refractivity contribution in [3.63, 3.8) is 0 Å². The SMILES string of the molecule is N#Cc1c(N)sc2ccc(F)c(-c3c(Cl)c4c5c(nc(OCC67CCCN6CCC7)nc5c3F)N3C[C@@H]5CC[C@@H](N5)[C@@H]3CO4)c12. The van der Waals surface area contributed by atoms with Crippen LogP contribution in [0.15, 0.2) is 12.1 Å². The third-order valence-corrected chi connectivity index (χ3v) is 12.0. The van der Waals surface area contributed by atoms with Gasteiger partial charge in [0.05, 0.1) is 27.6 Å². The van der Waals surface area contributed by atoms with Crippen molar-refractivity contribution in [2.45, 2.75) is 62.2 Å². The van der Waals surface area contributed by atoms with Crippen molar-refractivity contribution >= 4 is 54.7 Å². The van der Waals surface area contributed by atoms with E-state index in [-0.39, 0.29) is 79.6 Å². The highest BCUT2D eigenvalue weighted by Gasteiger charge is 2.46. The number of nitrogens with two attached hydrogens (primary N) is 1. The minimum absolute atomic E-state index is 0.0544. The Morgan fingerprint density at radius 3 is 2.80 bits per heavy atom. The van der Waals surface area contributed by atoms with E-state index in [4.69, 9.17) is 31.8 Å². The van der Waals surface area contributed by atoms with Crippen LogP contribution in [0.2, 0.25) is 5.02 Å². The highest BCUT2D eigenvalue weighted by Crippen LogP contribution is 2.52. The molecule has 2 aromatic carbocycles. The highest BCUT2D eigenvalue weighted by atomic mass is 35.5. The molecule has 0 amide bonds. The fourth-order valence-electron chi connectivity index (χ4n) is 8.57. The minimum atomic E-state index is -0.825. The highest BCUT2D eigenvalue weighted by molar-refractivity contribution is 7.23. The van der Waals surface area contributed by atoms with Crippen LogP contribution in [0.3, 0.4) is 0 Å². The van der Waals surface area contributed by atoms with E-state index in [0.29, 0.717) is 29.1 Å². The molecule has 3 N–H and O–H groups in total. The first-order valence-corrected chi connectivity index (χ1v) is 16.7. The quantitative estimate of drug-likeness (QED) is 0.292. The number of hydrogen-bond acceptors (Lipinski definition) is 10. The Labute approximate surface area is 266 Å². The molecule has 13 heteroatoms. The van der Waals surface area contributed by atoms with Crippen LogP contribution < -0.4 is 25.4 Å². The molecule has 0 aliphatic carbocycles. The van der Waals surface area contributed by atoms with Crippen LogP contribution in [0, 0.1) is 23.0 Å². The molecule has 7 heterocycles. The van der Waals surface area contributed by atoms with Crippen LogP contribution in [0.25, 0.3) is 32.1 Å². The van der Waals surface area contributed by atoms with Crippen LogP contribution in [-0.4, -0.2) is 71.4 Å². The number of hydrogen-bond donors (Lipinski definition) is 2. The fourth-order valence-corrected chi connectivity index (χ4v) is 9.82. The number of nitrogens with zero attached hydrogens (tertiary/aromatic N) is 5. The topological polar surface area (TPSA) is 113 Å². The van der Waals surface area contributed by atoms with Gasteiger partial charge in [-0.3, -0.25) is 4.90 Å². The van der Waals surface area contributed by atoms with E-state index in [9.17, 15) is 5.26 Å². The van der Waals surface area contributed by atoms with E-state index >= 15 is 8.78 Å². The summed E-state index contributed by atoms with van der Waals surface area (Å²) in [5, 5.41) is 14.3. The molecule has 5 aliphatic rings. The number of halogens is 3. The number of nitrogen functional groups attached to an aromatic ring is 1. The zero-order chi connectivity index (χ0) is 30.6. The van der Waals surface area contributed by atoms with Crippen LogP contribution >= 0.6 is 22.9 Å². The monoisotopic (exact) mass is 649 g/mol. The number of aromatic nitrogens is 2. The molecule has 4 saturated heterocycles. The lowest BCUT2D eigenvalue weighted by atomic mass is 9.95.